The quantitative estimate of drug-likeness (QED) is 0.296. The van der Waals surface area contributed by atoms with Crippen LogP contribution in [-0.2, 0) is 17.7 Å². The molecule has 1 N–H and O–H groups in total. The first-order valence-electron chi connectivity index (χ1n) is 17.8. The van der Waals surface area contributed by atoms with Crippen LogP contribution >= 0.6 is 0 Å². The fraction of sp³-hybridized carbons (Fsp3) is 0.553. The molecule has 272 valence electrons. The Bertz CT molecular complexity index is 1810. The zero-order valence-corrected chi connectivity index (χ0v) is 30.7. The summed E-state index contributed by atoms with van der Waals surface area (Å²) in [5.41, 5.74) is 3.05. The number of rotatable bonds is 10. The second-order valence-electron chi connectivity index (χ2n) is 15.3. The lowest BCUT2D eigenvalue weighted by molar-refractivity contribution is 0.00462. The molecule has 1 atom stereocenters. The highest BCUT2D eigenvalue weighted by atomic mass is 16.6. The molecule has 3 aromatic rings. The minimum absolute atomic E-state index is 0.0869. The molecule has 0 radical (unpaired) electrons. The lowest BCUT2D eigenvalue weighted by Crippen LogP contribution is -2.55. The van der Waals surface area contributed by atoms with E-state index < -0.39 is 23.3 Å². The van der Waals surface area contributed by atoms with E-state index in [2.05, 4.69) is 59.2 Å². The number of ether oxygens (including phenoxy) is 2. The Labute approximate surface area is 300 Å². The van der Waals surface area contributed by atoms with E-state index in [1.54, 1.807) is 4.90 Å². The van der Waals surface area contributed by atoms with Crippen molar-refractivity contribution in [1.29, 1.82) is 5.26 Å². The number of fused-ring (bicyclic) bond motifs is 2. The first-order valence-corrected chi connectivity index (χ1v) is 17.8. The molecule has 2 aliphatic heterocycles. The van der Waals surface area contributed by atoms with Crippen LogP contribution in [-0.4, -0.2) is 119 Å². The zero-order chi connectivity index (χ0) is 36.5. The van der Waals surface area contributed by atoms with Crippen LogP contribution in [0.5, 0.6) is 6.01 Å². The minimum Gasteiger partial charge on any atom is -0.465 e. The van der Waals surface area contributed by atoms with Crippen molar-refractivity contribution >= 4 is 34.5 Å². The van der Waals surface area contributed by atoms with Crippen molar-refractivity contribution in [1.82, 2.24) is 24.7 Å². The van der Waals surface area contributed by atoms with Gasteiger partial charge in [-0.15, -0.1) is 0 Å². The highest BCUT2D eigenvalue weighted by molar-refractivity contribution is 5.97. The van der Waals surface area contributed by atoms with Crippen molar-refractivity contribution in [3.63, 3.8) is 0 Å². The maximum atomic E-state index is 13.5. The summed E-state index contributed by atoms with van der Waals surface area (Å²) in [7, 11) is 3.96. The van der Waals surface area contributed by atoms with Crippen molar-refractivity contribution in [2.24, 2.45) is 0 Å². The van der Waals surface area contributed by atoms with Gasteiger partial charge in [-0.2, -0.15) is 15.2 Å². The normalized spacial score (nSPS) is 18.3. The number of carbonyl (C=O) groups excluding carboxylic acids is 1. The summed E-state index contributed by atoms with van der Waals surface area (Å²) in [5.74, 6) is 0.721. The summed E-state index contributed by atoms with van der Waals surface area (Å²) in [6.45, 7) is 11.5. The molecule has 51 heavy (non-hydrogen) atoms. The Morgan fingerprint density at radius 3 is 2.47 bits per heavy atom. The third-order valence-electron chi connectivity index (χ3n) is 10.1. The maximum absolute atomic E-state index is 13.5. The molecule has 2 fully saturated rings. The minimum atomic E-state index is -1.02. The largest absolute Gasteiger partial charge is 0.465 e. The summed E-state index contributed by atoms with van der Waals surface area (Å²) in [5, 5.41) is 21.8. The molecular weight excluding hydrogens is 648 g/mol. The number of hydrogen-bond donors (Lipinski definition) is 1. The van der Waals surface area contributed by atoms with E-state index in [-0.39, 0.29) is 31.7 Å². The first-order chi connectivity index (χ1) is 24.3. The number of benzene rings is 2. The smallest absolute Gasteiger partial charge is 0.410 e. The van der Waals surface area contributed by atoms with Crippen LogP contribution in [0.4, 0.5) is 21.1 Å². The number of aryl methyl sites for hydroxylation is 1. The second-order valence-corrected chi connectivity index (χ2v) is 15.3. The van der Waals surface area contributed by atoms with Gasteiger partial charge in [0.25, 0.3) is 0 Å². The Hall–Kier alpha value is -4.83. The van der Waals surface area contributed by atoms with Gasteiger partial charge in [-0.1, -0.05) is 30.3 Å². The highest BCUT2D eigenvalue weighted by Gasteiger charge is 2.52. The number of aromatic nitrogens is 2. The predicted octanol–water partition coefficient (Wildman–Crippen LogP) is 5.29. The number of carbonyl (C=O) groups is 2. The molecule has 3 heterocycles. The van der Waals surface area contributed by atoms with Gasteiger partial charge < -0.3 is 34.2 Å². The number of piperazine rings is 1. The zero-order valence-electron chi connectivity index (χ0n) is 30.7. The van der Waals surface area contributed by atoms with Crippen molar-refractivity contribution in [3.8, 4) is 12.1 Å². The molecule has 6 rings (SSSR count). The Balaban J connectivity index is 1.33. The molecule has 13 nitrogen and oxygen atoms in total. The molecule has 0 spiro atoms. The van der Waals surface area contributed by atoms with Crippen LogP contribution in [0.15, 0.2) is 36.4 Å². The van der Waals surface area contributed by atoms with Gasteiger partial charge in [-0.3, -0.25) is 4.90 Å². The van der Waals surface area contributed by atoms with Crippen LogP contribution in [0, 0.1) is 18.3 Å². The molecule has 13 heteroatoms. The van der Waals surface area contributed by atoms with Gasteiger partial charge >= 0.3 is 18.2 Å². The number of likely N-dealkylation sites (N-methyl/N-ethyl adjacent to an activating group) is 1. The number of hydrogen-bond acceptors (Lipinski definition) is 10. The summed E-state index contributed by atoms with van der Waals surface area (Å²) >= 11 is 0. The van der Waals surface area contributed by atoms with Crippen LogP contribution < -0.4 is 14.5 Å². The second kappa shape index (κ2) is 14.4. The van der Waals surface area contributed by atoms with Crippen LogP contribution in [0.3, 0.4) is 0 Å². The molecule has 2 aromatic carbocycles. The fourth-order valence-electron chi connectivity index (χ4n) is 7.24. The van der Waals surface area contributed by atoms with Gasteiger partial charge in [0.2, 0.25) is 0 Å². The molecule has 1 saturated heterocycles. The first kappa shape index (κ1) is 36.0. The van der Waals surface area contributed by atoms with Crippen LogP contribution in [0.25, 0.3) is 10.8 Å². The van der Waals surface area contributed by atoms with Gasteiger partial charge in [0.1, 0.15) is 18.0 Å². The van der Waals surface area contributed by atoms with E-state index in [0.717, 1.165) is 42.1 Å². The summed E-state index contributed by atoms with van der Waals surface area (Å²) in [6, 6.07) is 14.6. The monoisotopic (exact) mass is 698 g/mol. The summed E-state index contributed by atoms with van der Waals surface area (Å²) in [6.07, 6.45) is 0.943. The lowest BCUT2D eigenvalue weighted by Gasteiger charge is -2.41. The summed E-state index contributed by atoms with van der Waals surface area (Å²) < 4.78 is 12.3. The highest BCUT2D eigenvalue weighted by Crippen LogP contribution is 2.43. The molecule has 2 amide bonds. The van der Waals surface area contributed by atoms with Crippen molar-refractivity contribution < 1.29 is 24.2 Å². The molecule has 1 saturated carbocycles. The van der Waals surface area contributed by atoms with Gasteiger partial charge in [0.05, 0.1) is 36.3 Å². The van der Waals surface area contributed by atoms with Gasteiger partial charge in [0, 0.05) is 55.9 Å². The summed E-state index contributed by atoms with van der Waals surface area (Å²) in [4.78, 5) is 45.1. The molecular formula is C38H50N8O5. The number of nitrogens with zero attached hydrogens (tertiary/aromatic N) is 8. The van der Waals surface area contributed by atoms with Crippen molar-refractivity contribution in [2.75, 3.05) is 69.8 Å². The lowest BCUT2D eigenvalue weighted by atomic mass is 9.99. The van der Waals surface area contributed by atoms with Crippen LogP contribution in [0.2, 0.25) is 0 Å². The van der Waals surface area contributed by atoms with Gasteiger partial charge in [-0.25, -0.2) is 9.59 Å². The Morgan fingerprint density at radius 2 is 1.80 bits per heavy atom. The van der Waals surface area contributed by atoms with Gasteiger partial charge in [0.15, 0.2) is 0 Å². The maximum Gasteiger partial charge on any atom is 0.410 e. The number of anilines is 2. The average molecular weight is 699 g/mol. The average Bonchev–Trinajstić information content (AvgIpc) is 3.86. The van der Waals surface area contributed by atoms with E-state index in [9.17, 15) is 20.0 Å². The van der Waals surface area contributed by atoms with E-state index in [0.29, 0.717) is 39.1 Å². The number of carboxylic acid groups (broad SMARTS) is 1. The molecule has 1 aliphatic carbocycles. The van der Waals surface area contributed by atoms with Gasteiger partial charge in [-0.05, 0) is 78.1 Å². The topological polar surface area (TPSA) is 139 Å². The number of nitriles is 1. The van der Waals surface area contributed by atoms with Crippen molar-refractivity contribution in [3.05, 3.63) is 53.2 Å². The van der Waals surface area contributed by atoms with E-state index in [1.165, 1.54) is 21.2 Å². The van der Waals surface area contributed by atoms with E-state index in [1.807, 2.05) is 39.8 Å². The van der Waals surface area contributed by atoms with Crippen molar-refractivity contribution in [2.45, 2.75) is 77.1 Å². The molecule has 0 bridgehead atoms. The molecule has 1 aromatic heterocycles. The Morgan fingerprint density at radius 1 is 1.06 bits per heavy atom. The Kier molecular flexibility index (Phi) is 10.2. The molecule has 0 unspecified atom stereocenters. The third kappa shape index (κ3) is 7.91. The molecule has 3 aliphatic rings. The van der Waals surface area contributed by atoms with E-state index >= 15 is 0 Å². The predicted molar refractivity (Wildman–Crippen MR) is 195 cm³/mol. The fourth-order valence-corrected chi connectivity index (χ4v) is 7.24. The van der Waals surface area contributed by atoms with E-state index in [4.69, 9.17) is 19.4 Å². The number of amides is 2. The third-order valence-corrected chi connectivity index (χ3v) is 10.1. The standard InChI is InChI=1S/C38H50N8O5/c1-26-9-7-10-27-11-8-12-31(32(26)27)43-18-14-29-30(24-43)40-34(41-33(29)44-20-21-45(35(47)48)28(23-44)13-17-39)50-25-38(15-16-38)46(22-19-42(5)6)36(49)51-37(2,3)4/h7-12,28H,13-16,18-25H2,1-6H3,(H,47,48)/t28-/m0/s1. The van der Waals surface area contributed by atoms with Crippen LogP contribution in [0.1, 0.15) is 56.9 Å². The SMILES string of the molecule is Cc1cccc2cccc(N3CCc4c(nc(OCC5(N(CCN(C)C)C(=O)OC(C)(C)C)CC5)nc4N4CCN(C(=O)O)[C@@H](CC#N)C4)C3)c12.